The van der Waals surface area contributed by atoms with E-state index in [1.807, 2.05) is 134 Å². The Morgan fingerprint density at radius 1 is 0.750 bits per heavy atom. The minimum Gasteiger partial charge on any atom is -0.491 e. The number of benzene rings is 5. The Labute approximate surface area is 348 Å². The summed E-state index contributed by atoms with van der Waals surface area (Å²) in [7, 11) is 3.94. The molecule has 0 radical (unpaired) electrons. The average molecular weight is 797 g/mol. The Hall–Kier alpha value is -6.78. The lowest BCUT2D eigenvalue weighted by Crippen LogP contribution is -2.58. The Morgan fingerprint density at radius 3 is 2.05 bits per heavy atom. The number of ether oxygens (including phenoxy) is 1. The van der Waals surface area contributed by atoms with E-state index < -0.39 is 35.0 Å². The number of ketones is 2. The van der Waals surface area contributed by atoms with Gasteiger partial charge in [0.25, 0.3) is 0 Å². The Bertz CT molecular complexity index is 2570. The number of para-hydroxylation sites is 1. The molecule has 5 aromatic rings. The van der Waals surface area contributed by atoms with E-state index >= 15 is 9.59 Å². The molecule has 0 bridgehead atoms. The van der Waals surface area contributed by atoms with Gasteiger partial charge in [0, 0.05) is 42.8 Å². The van der Waals surface area contributed by atoms with Crippen LogP contribution in [-0.4, -0.2) is 55.8 Å². The summed E-state index contributed by atoms with van der Waals surface area (Å²) in [5.74, 6) is -4.12. The molecule has 10 heteroatoms. The highest BCUT2D eigenvalue weighted by molar-refractivity contribution is 6.32. The normalized spacial score (nSPS) is 24.7. The van der Waals surface area contributed by atoms with Gasteiger partial charge in [-0.15, -0.1) is 0 Å². The number of imide groups is 1. The first kappa shape index (κ1) is 38.7. The molecule has 1 N–H and O–H groups in total. The van der Waals surface area contributed by atoms with Crippen LogP contribution in [0.1, 0.15) is 35.4 Å². The van der Waals surface area contributed by atoms with Gasteiger partial charge in [0.15, 0.2) is 11.6 Å². The van der Waals surface area contributed by atoms with Crippen molar-refractivity contribution in [3.05, 3.63) is 168 Å². The number of hydrogen-bond acceptors (Lipinski definition) is 9. The van der Waals surface area contributed by atoms with Gasteiger partial charge in [-0.3, -0.25) is 24.1 Å². The Balaban J connectivity index is 1.13. The molecule has 6 atom stereocenters. The van der Waals surface area contributed by atoms with E-state index in [0.29, 0.717) is 45.1 Å². The van der Waals surface area contributed by atoms with Crippen LogP contribution in [0.25, 0.3) is 5.57 Å². The van der Waals surface area contributed by atoms with Gasteiger partial charge in [0.1, 0.15) is 12.4 Å². The van der Waals surface area contributed by atoms with Crippen molar-refractivity contribution in [2.75, 3.05) is 37.1 Å². The highest BCUT2D eigenvalue weighted by atomic mass is 16.5. The van der Waals surface area contributed by atoms with Gasteiger partial charge in [0.05, 0.1) is 40.9 Å². The lowest BCUT2D eigenvalue weighted by molar-refractivity contribution is -0.135. The third-order valence-corrected chi connectivity index (χ3v) is 12.7. The smallest absolute Gasteiger partial charge is 0.238 e. The second-order valence-electron chi connectivity index (χ2n) is 16.0. The van der Waals surface area contributed by atoms with Gasteiger partial charge in [-0.25, -0.2) is 0 Å². The first-order valence-corrected chi connectivity index (χ1v) is 20.3. The van der Waals surface area contributed by atoms with Crippen LogP contribution in [0.4, 0.5) is 22.7 Å². The maximum atomic E-state index is 15.4. The molecule has 4 aliphatic rings. The highest BCUT2D eigenvalue weighted by Gasteiger charge is 2.66. The topological polar surface area (TPSA) is 129 Å². The van der Waals surface area contributed by atoms with Crippen molar-refractivity contribution in [2.45, 2.75) is 24.2 Å². The lowest BCUT2D eigenvalue weighted by Gasteiger charge is -2.55. The number of rotatable bonds is 10. The van der Waals surface area contributed by atoms with Crippen LogP contribution in [0.2, 0.25) is 0 Å². The van der Waals surface area contributed by atoms with E-state index in [1.54, 1.807) is 24.3 Å². The van der Waals surface area contributed by atoms with Gasteiger partial charge in [0.2, 0.25) is 11.8 Å². The van der Waals surface area contributed by atoms with Gasteiger partial charge >= 0.3 is 0 Å². The van der Waals surface area contributed by atoms with E-state index in [1.165, 1.54) is 11.0 Å². The first-order chi connectivity index (χ1) is 29.2. The number of fused-ring (bicyclic) bond motifs is 4. The maximum absolute atomic E-state index is 15.4. The molecule has 1 aliphatic heterocycles. The zero-order valence-electron chi connectivity index (χ0n) is 33.3. The van der Waals surface area contributed by atoms with Crippen LogP contribution in [-0.2, 0) is 24.6 Å². The summed E-state index contributed by atoms with van der Waals surface area (Å²) in [6.07, 6.45) is 4.02. The van der Waals surface area contributed by atoms with Crippen LogP contribution in [0.5, 0.6) is 5.75 Å². The van der Waals surface area contributed by atoms with Crippen molar-refractivity contribution >= 4 is 51.7 Å². The quantitative estimate of drug-likeness (QED) is 0.0852. The number of hydrogen-bond donors (Lipinski definition) is 1. The fraction of sp³-hybridized carbons (Fsp3) is 0.240. The SMILES string of the molecule is CN(C)c1ccc(N=Nc2ccc(N3C(=O)C4CC=C5C(CC6C(=O)C(c7ccccc7)=CC(=O)C6(c6ccccc6)C5c5ccccc5OCCO)C4C3=O)cc2)cc1. The van der Waals surface area contributed by atoms with Crippen molar-refractivity contribution in [1.82, 2.24) is 0 Å². The van der Waals surface area contributed by atoms with Crippen molar-refractivity contribution in [2.24, 2.45) is 33.9 Å². The summed E-state index contributed by atoms with van der Waals surface area (Å²) in [4.78, 5) is 63.2. The van der Waals surface area contributed by atoms with Crippen LogP contribution >= 0.6 is 0 Å². The summed E-state index contributed by atoms with van der Waals surface area (Å²) in [5.41, 5.74) is 4.53. The standard InChI is InChI=1S/C50H44N4O6/c1-53(2)35-21-17-33(18-22-35)51-52-34-19-23-36(24-20-34)54-48(58)39-26-25-37-41(45(39)49(54)59)29-42-47(57)40(31-11-5-3-6-12-31)30-44(56)50(42,32-13-7-4-8-14-32)46(37)38-15-9-10-16-43(38)60-28-27-55/h3-25,30,39,41-42,45-46,55H,26-29H2,1-2H3. The summed E-state index contributed by atoms with van der Waals surface area (Å²) in [5, 5.41) is 18.6. The number of Topliss-reactive ketones (excluding diaryl/α,β-unsaturated/α-hetero) is 1. The number of carbonyl (C=O) groups is 4. The summed E-state index contributed by atoms with van der Waals surface area (Å²) >= 11 is 0. The number of aliphatic hydroxyl groups excluding tert-OH is 1. The van der Waals surface area contributed by atoms with Crippen LogP contribution in [0.15, 0.2) is 161 Å². The van der Waals surface area contributed by atoms with Gasteiger partial charge in [-0.2, -0.15) is 10.2 Å². The van der Waals surface area contributed by atoms with Crippen molar-refractivity contribution < 1.29 is 29.0 Å². The van der Waals surface area contributed by atoms with Crippen molar-refractivity contribution in [1.29, 1.82) is 0 Å². The Kier molecular flexibility index (Phi) is 10.2. The molecular weight excluding hydrogens is 753 g/mol. The van der Waals surface area contributed by atoms with Crippen LogP contribution < -0.4 is 14.5 Å². The molecule has 10 nitrogen and oxygen atoms in total. The number of nitrogens with zero attached hydrogens (tertiary/aromatic N) is 4. The molecule has 0 spiro atoms. The van der Waals surface area contributed by atoms with Crippen LogP contribution in [0, 0.1) is 23.7 Å². The van der Waals surface area contributed by atoms with E-state index in [0.717, 1.165) is 11.3 Å². The zero-order chi connectivity index (χ0) is 41.5. The summed E-state index contributed by atoms with van der Waals surface area (Å²) in [6.45, 7) is -0.197. The third kappa shape index (κ3) is 6.39. The van der Waals surface area contributed by atoms with E-state index in [2.05, 4.69) is 10.2 Å². The molecule has 2 amide bonds. The molecule has 5 aromatic carbocycles. The molecule has 0 aromatic heterocycles. The number of carbonyl (C=O) groups excluding carboxylic acids is 4. The minimum absolute atomic E-state index is 0.0234. The predicted molar refractivity (Wildman–Crippen MR) is 229 cm³/mol. The Morgan fingerprint density at radius 2 is 1.38 bits per heavy atom. The second kappa shape index (κ2) is 15.8. The van der Waals surface area contributed by atoms with Crippen molar-refractivity contribution in [3.63, 3.8) is 0 Å². The van der Waals surface area contributed by atoms with Crippen LogP contribution in [0.3, 0.4) is 0 Å². The molecule has 1 saturated carbocycles. The number of amides is 2. The lowest BCUT2D eigenvalue weighted by atomic mass is 9.44. The molecule has 9 rings (SSSR count). The van der Waals surface area contributed by atoms with E-state index in [9.17, 15) is 14.7 Å². The molecule has 300 valence electrons. The van der Waals surface area contributed by atoms with Crippen molar-refractivity contribution in [3.8, 4) is 5.75 Å². The van der Waals surface area contributed by atoms with Gasteiger partial charge in [-0.1, -0.05) is 90.5 Å². The zero-order valence-corrected chi connectivity index (χ0v) is 33.3. The summed E-state index contributed by atoms with van der Waals surface area (Å²) in [6, 6.07) is 40.7. The minimum atomic E-state index is -1.39. The predicted octanol–water partition coefficient (Wildman–Crippen LogP) is 8.57. The molecule has 1 saturated heterocycles. The summed E-state index contributed by atoms with van der Waals surface area (Å²) < 4.78 is 6.16. The number of allylic oxidation sites excluding steroid dienone is 4. The van der Waals surface area contributed by atoms with E-state index in [4.69, 9.17) is 4.74 Å². The molecule has 2 fully saturated rings. The molecule has 3 aliphatic carbocycles. The van der Waals surface area contributed by atoms with Gasteiger partial charge in [-0.05, 0) is 90.6 Å². The molecule has 1 heterocycles. The average Bonchev–Trinajstić information content (AvgIpc) is 3.54. The highest BCUT2D eigenvalue weighted by Crippen LogP contribution is 2.64. The largest absolute Gasteiger partial charge is 0.491 e. The fourth-order valence-electron chi connectivity index (χ4n) is 10.1. The molecular formula is C50H44N4O6. The number of anilines is 2. The number of azo groups is 1. The van der Waals surface area contributed by atoms with Gasteiger partial charge < -0.3 is 14.7 Å². The fourth-order valence-corrected chi connectivity index (χ4v) is 10.1. The maximum Gasteiger partial charge on any atom is 0.238 e. The molecule has 60 heavy (non-hydrogen) atoms. The number of aliphatic hydroxyl groups is 1. The van der Waals surface area contributed by atoms with E-state index in [-0.39, 0.29) is 49.4 Å². The molecule has 6 unspecified atom stereocenters. The third-order valence-electron chi connectivity index (χ3n) is 12.7. The monoisotopic (exact) mass is 796 g/mol. The first-order valence-electron chi connectivity index (χ1n) is 20.3. The second-order valence-corrected chi connectivity index (χ2v) is 16.0.